The molecule has 2 aromatic carbocycles. The highest BCUT2D eigenvalue weighted by molar-refractivity contribution is 6.36. The Morgan fingerprint density at radius 1 is 1.00 bits per heavy atom. The van der Waals surface area contributed by atoms with Gasteiger partial charge in [-0.05, 0) is 29.8 Å². The zero-order chi connectivity index (χ0) is 17.8. The van der Waals surface area contributed by atoms with Crippen molar-refractivity contribution in [1.82, 2.24) is 20.6 Å². The molecule has 8 heteroatoms. The van der Waals surface area contributed by atoms with Crippen LogP contribution in [-0.2, 0) is 22.7 Å². The molecule has 1 aromatic heterocycles. The summed E-state index contributed by atoms with van der Waals surface area (Å²) in [5.41, 5.74) is 2.34. The highest BCUT2D eigenvalue weighted by atomic mass is 35.5. The van der Waals surface area contributed by atoms with Crippen molar-refractivity contribution in [2.45, 2.75) is 13.1 Å². The second kappa shape index (κ2) is 7.55. The van der Waals surface area contributed by atoms with Crippen LogP contribution in [0.5, 0.6) is 0 Å². The number of halogens is 2. The van der Waals surface area contributed by atoms with Gasteiger partial charge >= 0.3 is 11.8 Å². The summed E-state index contributed by atoms with van der Waals surface area (Å²) >= 11 is 11.8. The number of nitrogens with zero attached hydrogens (tertiary/aromatic N) is 1. The van der Waals surface area contributed by atoms with Crippen LogP contribution in [0, 0.1) is 0 Å². The first-order chi connectivity index (χ1) is 12.0. The van der Waals surface area contributed by atoms with Crippen molar-refractivity contribution in [2.75, 3.05) is 0 Å². The molecule has 0 spiro atoms. The molecule has 1 heterocycles. The van der Waals surface area contributed by atoms with E-state index in [1.165, 1.54) is 0 Å². The summed E-state index contributed by atoms with van der Waals surface area (Å²) in [5.74, 6) is -0.921. The van der Waals surface area contributed by atoms with E-state index in [-0.39, 0.29) is 13.1 Å². The molecule has 0 unspecified atom stereocenters. The lowest BCUT2D eigenvalue weighted by Crippen LogP contribution is -2.39. The minimum absolute atomic E-state index is 0.128. The molecule has 3 rings (SSSR count). The number of carbonyl (C=O) groups is 2. The van der Waals surface area contributed by atoms with Gasteiger partial charge in [0.1, 0.15) is 5.82 Å². The molecule has 0 saturated carbocycles. The number of carbonyl (C=O) groups excluding carboxylic acids is 2. The van der Waals surface area contributed by atoms with Gasteiger partial charge in [0.15, 0.2) is 0 Å². The quantitative estimate of drug-likeness (QED) is 0.611. The lowest BCUT2D eigenvalue weighted by molar-refractivity contribution is -0.139. The number of para-hydroxylation sites is 2. The van der Waals surface area contributed by atoms with Crippen molar-refractivity contribution >= 4 is 46.0 Å². The third kappa shape index (κ3) is 4.29. The number of fused-ring (bicyclic) bond motifs is 1. The molecule has 3 N–H and O–H groups in total. The predicted molar refractivity (Wildman–Crippen MR) is 96.2 cm³/mol. The van der Waals surface area contributed by atoms with E-state index in [9.17, 15) is 9.59 Å². The van der Waals surface area contributed by atoms with E-state index in [1.54, 1.807) is 18.2 Å². The van der Waals surface area contributed by atoms with Crippen molar-refractivity contribution < 1.29 is 9.59 Å². The molecular formula is C17H14Cl2N4O2. The minimum Gasteiger partial charge on any atom is -0.344 e. The number of imidazole rings is 1. The Labute approximate surface area is 153 Å². The summed E-state index contributed by atoms with van der Waals surface area (Å²) in [6.45, 7) is 0.259. The number of H-pyrrole nitrogens is 1. The summed E-state index contributed by atoms with van der Waals surface area (Å²) in [6.07, 6.45) is 0. The molecule has 3 aromatic rings. The molecule has 0 aliphatic heterocycles. The van der Waals surface area contributed by atoms with Gasteiger partial charge in [-0.2, -0.15) is 0 Å². The highest BCUT2D eigenvalue weighted by Crippen LogP contribution is 2.20. The lowest BCUT2D eigenvalue weighted by atomic mass is 10.2. The molecule has 0 radical (unpaired) electrons. The predicted octanol–water partition coefficient (Wildman–Crippen LogP) is 2.80. The fourth-order valence-corrected chi connectivity index (χ4v) is 2.73. The Bertz CT molecular complexity index is 906. The van der Waals surface area contributed by atoms with Crippen LogP contribution < -0.4 is 10.6 Å². The van der Waals surface area contributed by atoms with E-state index in [0.29, 0.717) is 21.4 Å². The summed E-state index contributed by atoms with van der Waals surface area (Å²) in [7, 11) is 0. The van der Waals surface area contributed by atoms with E-state index < -0.39 is 11.8 Å². The molecule has 0 saturated heterocycles. The maximum atomic E-state index is 11.9. The van der Waals surface area contributed by atoms with Gasteiger partial charge in [0, 0.05) is 16.6 Å². The largest absolute Gasteiger partial charge is 0.344 e. The van der Waals surface area contributed by atoms with Crippen molar-refractivity contribution in [3.63, 3.8) is 0 Å². The number of amides is 2. The monoisotopic (exact) mass is 376 g/mol. The summed E-state index contributed by atoms with van der Waals surface area (Å²) < 4.78 is 0. The molecule has 2 amide bonds. The van der Waals surface area contributed by atoms with Crippen LogP contribution in [0.1, 0.15) is 11.4 Å². The summed E-state index contributed by atoms with van der Waals surface area (Å²) in [5, 5.41) is 5.96. The minimum atomic E-state index is -0.748. The first kappa shape index (κ1) is 17.3. The third-order valence-electron chi connectivity index (χ3n) is 3.52. The second-order valence-electron chi connectivity index (χ2n) is 5.30. The Morgan fingerprint density at radius 3 is 2.44 bits per heavy atom. The number of aromatic nitrogens is 2. The van der Waals surface area contributed by atoms with Gasteiger partial charge in [-0.25, -0.2) is 4.98 Å². The van der Waals surface area contributed by atoms with Gasteiger partial charge in [0.2, 0.25) is 0 Å². The smallest absolute Gasteiger partial charge is 0.309 e. The first-order valence-electron chi connectivity index (χ1n) is 7.46. The van der Waals surface area contributed by atoms with Crippen LogP contribution in [-0.4, -0.2) is 21.8 Å². The summed E-state index contributed by atoms with van der Waals surface area (Å²) in [4.78, 5) is 31.1. The Balaban J connectivity index is 1.53. The first-order valence-corrected chi connectivity index (χ1v) is 8.22. The zero-order valence-corrected chi connectivity index (χ0v) is 14.5. The van der Waals surface area contributed by atoms with Crippen LogP contribution in [0.4, 0.5) is 0 Å². The molecule has 0 aliphatic rings. The van der Waals surface area contributed by atoms with Gasteiger partial charge in [-0.15, -0.1) is 0 Å². The molecule has 0 atom stereocenters. The van der Waals surface area contributed by atoms with E-state index in [0.717, 1.165) is 11.0 Å². The van der Waals surface area contributed by atoms with Crippen molar-refractivity contribution in [1.29, 1.82) is 0 Å². The second-order valence-corrected chi connectivity index (χ2v) is 6.15. The van der Waals surface area contributed by atoms with E-state index >= 15 is 0 Å². The van der Waals surface area contributed by atoms with E-state index in [4.69, 9.17) is 23.2 Å². The number of benzene rings is 2. The molecule has 25 heavy (non-hydrogen) atoms. The maximum absolute atomic E-state index is 11.9. The van der Waals surface area contributed by atoms with Gasteiger partial charge in [-0.3, -0.25) is 9.59 Å². The number of aromatic amines is 1. The molecular weight excluding hydrogens is 363 g/mol. The maximum Gasteiger partial charge on any atom is 0.309 e. The highest BCUT2D eigenvalue weighted by Gasteiger charge is 2.14. The lowest BCUT2D eigenvalue weighted by Gasteiger charge is -2.07. The van der Waals surface area contributed by atoms with Crippen molar-refractivity contribution in [3.8, 4) is 0 Å². The average Bonchev–Trinajstić information content (AvgIpc) is 3.01. The standard InChI is InChI=1S/C17H14Cl2N4O2/c18-11-6-5-10(12(19)7-11)8-20-16(24)17(25)21-9-15-22-13-3-1-2-4-14(13)23-15/h1-7H,8-9H2,(H,20,24)(H,21,25)(H,22,23). The zero-order valence-electron chi connectivity index (χ0n) is 13.0. The molecule has 128 valence electrons. The average molecular weight is 377 g/mol. The van der Waals surface area contributed by atoms with Crippen molar-refractivity contribution in [2.24, 2.45) is 0 Å². The van der Waals surface area contributed by atoms with Crippen LogP contribution in [0.3, 0.4) is 0 Å². The number of hydrogen-bond acceptors (Lipinski definition) is 3. The SMILES string of the molecule is O=C(NCc1nc2ccccc2[nH]1)C(=O)NCc1ccc(Cl)cc1Cl. The topological polar surface area (TPSA) is 86.9 Å². The molecule has 0 bridgehead atoms. The van der Waals surface area contributed by atoms with Crippen molar-refractivity contribution in [3.05, 3.63) is 63.9 Å². The number of rotatable bonds is 4. The molecule has 0 aliphatic carbocycles. The molecule has 0 fully saturated rings. The molecule has 6 nitrogen and oxygen atoms in total. The number of nitrogens with one attached hydrogen (secondary N) is 3. The van der Waals surface area contributed by atoms with Gasteiger partial charge in [0.05, 0.1) is 17.6 Å². The van der Waals surface area contributed by atoms with E-state index in [1.807, 2.05) is 24.3 Å². The Kier molecular flexibility index (Phi) is 5.21. The van der Waals surface area contributed by atoms with Gasteiger partial charge in [0.25, 0.3) is 0 Å². The van der Waals surface area contributed by atoms with Crippen LogP contribution in [0.25, 0.3) is 11.0 Å². The van der Waals surface area contributed by atoms with Gasteiger partial charge < -0.3 is 15.6 Å². The summed E-state index contributed by atoms with van der Waals surface area (Å²) in [6, 6.07) is 12.4. The van der Waals surface area contributed by atoms with Crippen LogP contribution >= 0.6 is 23.2 Å². The Hall–Kier alpha value is -2.57. The fraction of sp³-hybridized carbons (Fsp3) is 0.118. The fourth-order valence-electron chi connectivity index (χ4n) is 2.25. The Morgan fingerprint density at radius 2 is 1.72 bits per heavy atom. The van der Waals surface area contributed by atoms with E-state index in [2.05, 4.69) is 20.6 Å². The third-order valence-corrected chi connectivity index (χ3v) is 4.10. The normalized spacial score (nSPS) is 10.6. The number of hydrogen-bond donors (Lipinski definition) is 3. The van der Waals surface area contributed by atoms with Crippen LogP contribution in [0.2, 0.25) is 10.0 Å². The van der Waals surface area contributed by atoms with Gasteiger partial charge in [-0.1, -0.05) is 41.4 Å². The van der Waals surface area contributed by atoms with Crippen LogP contribution in [0.15, 0.2) is 42.5 Å².